The van der Waals surface area contributed by atoms with Crippen LogP contribution >= 0.6 is 0 Å². The van der Waals surface area contributed by atoms with Crippen molar-refractivity contribution in [1.82, 2.24) is 4.98 Å². The van der Waals surface area contributed by atoms with E-state index in [-0.39, 0.29) is 5.91 Å². The molecule has 4 nitrogen and oxygen atoms in total. The summed E-state index contributed by atoms with van der Waals surface area (Å²) in [6, 6.07) is 10.4. The molecule has 1 N–H and O–H groups in total. The number of carbonyl (C=O) groups is 2. The predicted octanol–water partition coefficient (Wildman–Crippen LogP) is 2.15. The average Bonchev–Trinajstić information content (AvgIpc) is 2.40. The highest BCUT2D eigenvalue weighted by atomic mass is 16.1. The van der Waals surface area contributed by atoms with Gasteiger partial charge in [0, 0.05) is 18.0 Å². The molecular formula is C13H10N2O2. The number of aldehydes is 1. The molecule has 0 atom stereocenters. The number of hydrogen-bond donors (Lipinski definition) is 1. The number of pyridine rings is 1. The Morgan fingerprint density at radius 2 is 1.94 bits per heavy atom. The number of benzene rings is 1. The fourth-order valence-electron chi connectivity index (χ4n) is 1.40. The van der Waals surface area contributed by atoms with Crippen LogP contribution in [0.5, 0.6) is 0 Å². The minimum Gasteiger partial charge on any atom is -0.321 e. The molecule has 2 aromatic rings. The topological polar surface area (TPSA) is 59.1 Å². The van der Waals surface area contributed by atoms with E-state index in [4.69, 9.17) is 0 Å². The first-order chi connectivity index (χ1) is 8.31. The van der Waals surface area contributed by atoms with Crippen molar-refractivity contribution in [2.75, 3.05) is 5.32 Å². The normalized spacial score (nSPS) is 9.65. The summed E-state index contributed by atoms with van der Waals surface area (Å²) in [5.74, 6) is -0.250. The smallest absolute Gasteiger partial charge is 0.255 e. The van der Waals surface area contributed by atoms with Gasteiger partial charge in [0.2, 0.25) is 0 Å². The highest BCUT2D eigenvalue weighted by molar-refractivity contribution is 6.06. The molecule has 0 aliphatic heterocycles. The van der Waals surface area contributed by atoms with Crippen molar-refractivity contribution in [2.45, 2.75) is 0 Å². The Kier molecular flexibility index (Phi) is 3.25. The molecule has 1 aromatic carbocycles. The minimum absolute atomic E-state index is 0.250. The highest BCUT2D eigenvalue weighted by Crippen LogP contribution is 2.12. The molecule has 0 aliphatic rings. The van der Waals surface area contributed by atoms with Crippen molar-refractivity contribution in [3.8, 4) is 0 Å². The molecule has 1 amide bonds. The van der Waals surface area contributed by atoms with E-state index in [9.17, 15) is 9.59 Å². The number of amides is 1. The van der Waals surface area contributed by atoms with Gasteiger partial charge in [0.25, 0.3) is 5.91 Å². The molecule has 0 saturated carbocycles. The molecule has 0 unspecified atom stereocenters. The van der Waals surface area contributed by atoms with Gasteiger partial charge in [-0.1, -0.05) is 18.2 Å². The quantitative estimate of drug-likeness (QED) is 0.816. The van der Waals surface area contributed by atoms with Crippen molar-refractivity contribution in [3.63, 3.8) is 0 Å². The van der Waals surface area contributed by atoms with Crippen LogP contribution in [0.25, 0.3) is 0 Å². The molecule has 4 heteroatoms. The van der Waals surface area contributed by atoms with E-state index in [2.05, 4.69) is 10.3 Å². The maximum absolute atomic E-state index is 11.8. The maximum Gasteiger partial charge on any atom is 0.255 e. The first-order valence-corrected chi connectivity index (χ1v) is 5.07. The van der Waals surface area contributed by atoms with Crippen LogP contribution in [-0.4, -0.2) is 17.2 Å². The van der Waals surface area contributed by atoms with Crippen molar-refractivity contribution in [2.24, 2.45) is 0 Å². The van der Waals surface area contributed by atoms with Gasteiger partial charge in [-0.05, 0) is 18.2 Å². The monoisotopic (exact) mass is 226 g/mol. The van der Waals surface area contributed by atoms with E-state index in [1.165, 1.54) is 12.4 Å². The molecule has 84 valence electrons. The van der Waals surface area contributed by atoms with Gasteiger partial charge in [0.15, 0.2) is 6.29 Å². The Bertz CT molecular complexity index is 538. The third kappa shape index (κ3) is 2.55. The zero-order valence-electron chi connectivity index (χ0n) is 8.96. The van der Waals surface area contributed by atoms with Gasteiger partial charge in [-0.2, -0.15) is 0 Å². The molecule has 0 radical (unpaired) electrons. The SMILES string of the molecule is O=Cc1cnccc1NC(=O)c1ccccc1. The van der Waals surface area contributed by atoms with Crippen molar-refractivity contribution in [1.29, 1.82) is 0 Å². The van der Waals surface area contributed by atoms with Crippen molar-refractivity contribution < 1.29 is 9.59 Å². The second kappa shape index (κ2) is 5.03. The number of carbonyl (C=O) groups excluding carboxylic acids is 2. The molecule has 0 spiro atoms. The van der Waals surface area contributed by atoms with Crippen LogP contribution in [-0.2, 0) is 0 Å². The minimum atomic E-state index is -0.250. The van der Waals surface area contributed by atoms with Crippen LogP contribution in [0.15, 0.2) is 48.8 Å². The summed E-state index contributed by atoms with van der Waals surface area (Å²) in [5.41, 5.74) is 1.36. The summed E-state index contributed by atoms with van der Waals surface area (Å²) >= 11 is 0. The lowest BCUT2D eigenvalue weighted by Gasteiger charge is -2.06. The van der Waals surface area contributed by atoms with Gasteiger partial charge in [0.05, 0.1) is 11.3 Å². The van der Waals surface area contributed by atoms with Crippen LogP contribution in [0.1, 0.15) is 20.7 Å². The van der Waals surface area contributed by atoms with Gasteiger partial charge in [-0.3, -0.25) is 14.6 Å². The van der Waals surface area contributed by atoms with E-state index < -0.39 is 0 Å². The van der Waals surface area contributed by atoms with E-state index in [1.807, 2.05) is 6.07 Å². The first-order valence-electron chi connectivity index (χ1n) is 5.07. The summed E-state index contributed by atoms with van der Waals surface area (Å²) < 4.78 is 0. The summed E-state index contributed by atoms with van der Waals surface area (Å²) in [7, 11) is 0. The number of nitrogens with one attached hydrogen (secondary N) is 1. The molecule has 0 saturated heterocycles. The molecule has 2 rings (SSSR count). The fraction of sp³-hybridized carbons (Fsp3) is 0. The van der Waals surface area contributed by atoms with Crippen LogP contribution in [0.3, 0.4) is 0 Å². The van der Waals surface area contributed by atoms with Gasteiger partial charge in [0.1, 0.15) is 0 Å². The summed E-state index contributed by atoms with van der Waals surface area (Å²) in [5, 5.41) is 2.67. The second-order valence-corrected chi connectivity index (χ2v) is 3.40. The van der Waals surface area contributed by atoms with E-state index in [0.29, 0.717) is 23.1 Å². The lowest BCUT2D eigenvalue weighted by Crippen LogP contribution is -2.13. The molecule has 0 bridgehead atoms. The van der Waals surface area contributed by atoms with E-state index in [1.54, 1.807) is 30.3 Å². The van der Waals surface area contributed by atoms with Gasteiger partial charge in [-0.25, -0.2) is 0 Å². The van der Waals surface area contributed by atoms with Crippen LogP contribution in [0.2, 0.25) is 0 Å². The Labute approximate surface area is 98.3 Å². The highest BCUT2D eigenvalue weighted by Gasteiger charge is 2.07. The Morgan fingerprint density at radius 3 is 2.65 bits per heavy atom. The third-order valence-electron chi connectivity index (χ3n) is 2.26. The number of anilines is 1. The van der Waals surface area contributed by atoms with Crippen LogP contribution in [0.4, 0.5) is 5.69 Å². The fourth-order valence-corrected chi connectivity index (χ4v) is 1.40. The molecule has 0 aliphatic carbocycles. The van der Waals surface area contributed by atoms with Crippen molar-refractivity contribution >= 4 is 17.9 Å². The number of aromatic nitrogens is 1. The second-order valence-electron chi connectivity index (χ2n) is 3.40. The lowest BCUT2D eigenvalue weighted by atomic mass is 10.2. The van der Waals surface area contributed by atoms with E-state index >= 15 is 0 Å². The van der Waals surface area contributed by atoms with Crippen molar-refractivity contribution in [3.05, 3.63) is 59.9 Å². The first kappa shape index (κ1) is 11.0. The average molecular weight is 226 g/mol. The van der Waals surface area contributed by atoms with Crippen LogP contribution < -0.4 is 5.32 Å². The Hall–Kier alpha value is -2.49. The lowest BCUT2D eigenvalue weighted by molar-refractivity contribution is 0.102. The summed E-state index contributed by atoms with van der Waals surface area (Å²) in [4.78, 5) is 26.4. The van der Waals surface area contributed by atoms with Crippen LogP contribution in [0, 0.1) is 0 Å². The van der Waals surface area contributed by atoms with Gasteiger partial charge in [-0.15, -0.1) is 0 Å². The molecule has 1 aromatic heterocycles. The Balaban J connectivity index is 2.22. The van der Waals surface area contributed by atoms with Gasteiger partial charge >= 0.3 is 0 Å². The number of hydrogen-bond acceptors (Lipinski definition) is 3. The zero-order valence-corrected chi connectivity index (χ0v) is 8.96. The molecular weight excluding hydrogens is 216 g/mol. The molecule has 1 heterocycles. The number of nitrogens with zero attached hydrogens (tertiary/aromatic N) is 1. The summed E-state index contributed by atoms with van der Waals surface area (Å²) in [6.45, 7) is 0. The zero-order chi connectivity index (χ0) is 12.1. The molecule has 0 fully saturated rings. The maximum atomic E-state index is 11.8. The Morgan fingerprint density at radius 1 is 1.18 bits per heavy atom. The van der Waals surface area contributed by atoms with Gasteiger partial charge < -0.3 is 5.32 Å². The predicted molar refractivity (Wildman–Crippen MR) is 64.0 cm³/mol. The third-order valence-corrected chi connectivity index (χ3v) is 2.26. The molecule has 17 heavy (non-hydrogen) atoms. The summed E-state index contributed by atoms with van der Waals surface area (Å²) in [6.07, 6.45) is 3.59. The standard InChI is InChI=1S/C13H10N2O2/c16-9-11-8-14-7-6-12(11)15-13(17)10-4-2-1-3-5-10/h1-9H,(H,14,15,17). The number of rotatable bonds is 3. The van der Waals surface area contributed by atoms with E-state index in [0.717, 1.165) is 0 Å². The largest absolute Gasteiger partial charge is 0.321 e.